The first-order chi connectivity index (χ1) is 7.20. The molecule has 1 rings (SSSR count). The predicted octanol–water partition coefficient (Wildman–Crippen LogP) is 0.487. The minimum atomic E-state index is -0.802. The van der Waals surface area contributed by atoms with Crippen molar-refractivity contribution < 1.29 is 9.53 Å². The smallest absolute Gasteiger partial charge is 0.404 e. The summed E-state index contributed by atoms with van der Waals surface area (Å²) in [6.45, 7) is 0.451. The fraction of sp³-hybridized carbons (Fsp3) is 0.200. The number of rotatable bonds is 4. The van der Waals surface area contributed by atoms with E-state index < -0.39 is 6.09 Å². The summed E-state index contributed by atoms with van der Waals surface area (Å²) in [5, 5.41) is 0. The summed E-state index contributed by atoms with van der Waals surface area (Å²) in [6, 6.07) is 9.35. The van der Waals surface area contributed by atoms with Crippen molar-refractivity contribution in [2.24, 2.45) is 16.5 Å². The Kier molecular flexibility index (Phi) is 4.15. The fourth-order valence-electron chi connectivity index (χ4n) is 1.01. The highest BCUT2D eigenvalue weighted by molar-refractivity contribution is 5.97. The lowest BCUT2D eigenvalue weighted by molar-refractivity contribution is 0.160. The Morgan fingerprint density at radius 2 is 1.93 bits per heavy atom. The Bertz CT molecular complexity index is 349. The van der Waals surface area contributed by atoms with Crippen LogP contribution in [0.4, 0.5) is 4.79 Å². The number of nitrogens with two attached hydrogens (primary N) is 2. The molecular formula is C10H13N3O2. The zero-order chi connectivity index (χ0) is 11.1. The highest BCUT2D eigenvalue weighted by atomic mass is 16.5. The number of amidine groups is 1. The Hall–Kier alpha value is -2.04. The van der Waals surface area contributed by atoms with E-state index >= 15 is 0 Å². The third-order valence-electron chi connectivity index (χ3n) is 1.69. The fourth-order valence-corrected chi connectivity index (χ4v) is 1.01. The van der Waals surface area contributed by atoms with Gasteiger partial charge in [0, 0.05) is 5.56 Å². The molecule has 1 amide bonds. The summed E-state index contributed by atoms with van der Waals surface area (Å²) in [4.78, 5) is 14.3. The first-order valence-corrected chi connectivity index (χ1v) is 4.47. The van der Waals surface area contributed by atoms with Gasteiger partial charge in [0.25, 0.3) is 0 Å². The molecule has 0 aliphatic carbocycles. The van der Waals surface area contributed by atoms with Crippen LogP contribution in [-0.2, 0) is 4.74 Å². The number of benzene rings is 1. The van der Waals surface area contributed by atoms with E-state index in [0.29, 0.717) is 12.4 Å². The molecule has 0 aliphatic rings. The maximum absolute atomic E-state index is 10.2. The van der Waals surface area contributed by atoms with E-state index in [1.807, 2.05) is 30.3 Å². The van der Waals surface area contributed by atoms with Gasteiger partial charge in [-0.15, -0.1) is 0 Å². The zero-order valence-electron chi connectivity index (χ0n) is 8.22. The molecule has 0 unspecified atom stereocenters. The third-order valence-corrected chi connectivity index (χ3v) is 1.69. The summed E-state index contributed by atoms with van der Waals surface area (Å²) < 4.78 is 4.50. The molecule has 1 aromatic rings. The molecular weight excluding hydrogens is 194 g/mol. The quantitative estimate of drug-likeness (QED) is 0.427. The van der Waals surface area contributed by atoms with Crippen LogP contribution in [0.15, 0.2) is 35.3 Å². The van der Waals surface area contributed by atoms with Gasteiger partial charge in [-0.05, 0) is 0 Å². The molecule has 0 spiro atoms. The largest absolute Gasteiger partial charge is 0.448 e. The summed E-state index contributed by atoms with van der Waals surface area (Å²) in [5.74, 6) is 0.420. The van der Waals surface area contributed by atoms with Gasteiger partial charge in [0.2, 0.25) is 0 Å². The molecule has 0 saturated heterocycles. The Morgan fingerprint density at radius 3 is 2.53 bits per heavy atom. The predicted molar refractivity (Wildman–Crippen MR) is 57.6 cm³/mol. The lowest BCUT2D eigenvalue weighted by Gasteiger charge is -2.01. The van der Waals surface area contributed by atoms with Crippen molar-refractivity contribution in [2.75, 3.05) is 13.2 Å². The van der Waals surface area contributed by atoms with Crippen LogP contribution in [0.25, 0.3) is 0 Å². The SMILES string of the molecule is NC(=O)OCCN=C(N)c1ccccc1. The van der Waals surface area contributed by atoms with E-state index in [9.17, 15) is 4.79 Å². The van der Waals surface area contributed by atoms with Crippen molar-refractivity contribution in [1.29, 1.82) is 0 Å². The number of ether oxygens (including phenoxy) is 1. The van der Waals surface area contributed by atoms with Crippen LogP contribution in [-0.4, -0.2) is 25.1 Å². The summed E-state index contributed by atoms with van der Waals surface area (Å²) in [6.07, 6.45) is -0.802. The molecule has 0 saturated carbocycles. The second-order valence-electron chi connectivity index (χ2n) is 2.80. The lowest BCUT2D eigenvalue weighted by Crippen LogP contribution is -2.18. The van der Waals surface area contributed by atoms with Gasteiger partial charge < -0.3 is 16.2 Å². The number of carbonyl (C=O) groups is 1. The summed E-state index contributed by atoms with van der Waals surface area (Å²) in [7, 11) is 0. The van der Waals surface area contributed by atoms with Gasteiger partial charge in [-0.25, -0.2) is 4.79 Å². The Morgan fingerprint density at radius 1 is 1.27 bits per heavy atom. The Labute approximate surface area is 87.7 Å². The van der Waals surface area contributed by atoms with E-state index in [2.05, 4.69) is 9.73 Å². The minimum Gasteiger partial charge on any atom is -0.448 e. The van der Waals surface area contributed by atoms with Crippen LogP contribution < -0.4 is 11.5 Å². The molecule has 0 aromatic heterocycles. The molecule has 0 bridgehead atoms. The molecule has 5 heteroatoms. The van der Waals surface area contributed by atoms with Crippen molar-refractivity contribution in [3.05, 3.63) is 35.9 Å². The molecule has 0 fully saturated rings. The molecule has 0 atom stereocenters. The average molecular weight is 207 g/mol. The first kappa shape index (κ1) is 11.0. The molecule has 0 radical (unpaired) electrons. The zero-order valence-corrected chi connectivity index (χ0v) is 8.22. The number of carbonyl (C=O) groups excluding carboxylic acids is 1. The van der Waals surface area contributed by atoms with Gasteiger partial charge in [-0.3, -0.25) is 4.99 Å². The van der Waals surface area contributed by atoms with Crippen LogP contribution >= 0.6 is 0 Å². The lowest BCUT2D eigenvalue weighted by atomic mass is 10.2. The van der Waals surface area contributed by atoms with Crippen molar-refractivity contribution in [2.45, 2.75) is 0 Å². The van der Waals surface area contributed by atoms with Crippen molar-refractivity contribution in [3.8, 4) is 0 Å². The number of nitrogens with zero attached hydrogens (tertiary/aromatic N) is 1. The average Bonchev–Trinajstić information content (AvgIpc) is 2.25. The van der Waals surface area contributed by atoms with Crippen LogP contribution in [0.1, 0.15) is 5.56 Å². The maximum Gasteiger partial charge on any atom is 0.404 e. The number of hydrogen-bond donors (Lipinski definition) is 2. The second kappa shape index (κ2) is 5.64. The van der Waals surface area contributed by atoms with Crippen molar-refractivity contribution in [3.63, 3.8) is 0 Å². The third kappa shape index (κ3) is 4.12. The van der Waals surface area contributed by atoms with Crippen molar-refractivity contribution in [1.82, 2.24) is 0 Å². The standard InChI is InChI=1S/C10H13N3O2/c11-9(8-4-2-1-3-5-8)13-6-7-15-10(12)14/h1-5H,6-7H2,(H2,11,13)(H2,12,14). The van der Waals surface area contributed by atoms with E-state index in [0.717, 1.165) is 5.56 Å². The van der Waals surface area contributed by atoms with Gasteiger partial charge in [0.05, 0.1) is 6.54 Å². The molecule has 0 heterocycles. The van der Waals surface area contributed by atoms with Gasteiger partial charge >= 0.3 is 6.09 Å². The van der Waals surface area contributed by atoms with Crippen LogP contribution in [0, 0.1) is 0 Å². The van der Waals surface area contributed by atoms with Crippen LogP contribution in [0.5, 0.6) is 0 Å². The molecule has 5 nitrogen and oxygen atoms in total. The van der Waals surface area contributed by atoms with Gasteiger partial charge in [-0.2, -0.15) is 0 Å². The van der Waals surface area contributed by atoms with Gasteiger partial charge in [-0.1, -0.05) is 30.3 Å². The summed E-state index contributed by atoms with van der Waals surface area (Å²) in [5.41, 5.74) is 11.3. The Balaban J connectivity index is 2.43. The molecule has 15 heavy (non-hydrogen) atoms. The second-order valence-corrected chi connectivity index (χ2v) is 2.80. The van der Waals surface area contributed by atoms with E-state index in [1.165, 1.54) is 0 Å². The molecule has 80 valence electrons. The number of primary amides is 1. The molecule has 0 aliphatic heterocycles. The molecule has 1 aromatic carbocycles. The monoisotopic (exact) mass is 207 g/mol. The highest BCUT2D eigenvalue weighted by Crippen LogP contribution is 1.97. The normalized spacial score (nSPS) is 11.1. The summed E-state index contributed by atoms with van der Waals surface area (Å²) >= 11 is 0. The molecule has 4 N–H and O–H groups in total. The van der Waals surface area contributed by atoms with Gasteiger partial charge in [0.15, 0.2) is 0 Å². The topological polar surface area (TPSA) is 90.7 Å². The number of aliphatic imine (C=N–C) groups is 1. The highest BCUT2D eigenvalue weighted by Gasteiger charge is 1.96. The van der Waals surface area contributed by atoms with Crippen LogP contribution in [0.3, 0.4) is 0 Å². The van der Waals surface area contributed by atoms with Crippen LogP contribution in [0.2, 0.25) is 0 Å². The van der Waals surface area contributed by atoms with Gasteiger partial charge in [0.1, 0.15) is 12.4 Å². The number of hydrogen-bond acceptors (Lipinski definition) is 3. The maximum atomic E-state index is 10.2. The first-order valence-electron chi connectivity index (χ1n) is 4.47. The van der Waals surface area contributed by atoms with Crippen molar-refractivity contribution >= 4 is 11.9 Å². The van der Waals surface area contributed by atoms with E-state index in [4.69, 9.17) is 11.5 Å². The minimum absolute atomic E-state index is 0.142. The number of amides is 1. The van der Waals surface area contributed by atoms with E-state index in [-0.39, 0.29) is 6.61 Å². The van der Waals surface area contributed by atoms with E-state index in [1.54, 1.807) is 0 Å².